The first-order valence-electron chi connectivity index (χ1n) is 3.30. The second-order valence-corrected chi connectivity index (χ2v) is 2.37. The Morgan fingerprint density at radius 1 is 1.31 bits per heavy atom. The Morgan fingerprint density at radius 3 is 2.38 bits per heavy atom. The zero-order chi connectivity index (χ0) is 9.14. The van der Waals surface area contributed by atoms with Crippen LogP contribution in [0.5, 0.6) is 11.5 Å². The standard InChI is InChI=1S/C8H8O4.K/c9-6-2-1-5(3-7(6)10)4-8(11)12;/h1-3,9-10H,4H2,(H,11,12);/q;+1/p-1. The molecule has 0 saturated heterocycles. The summed E-state index contributed by atoms with van der Waals surface area (Å²) in [6.45, 7) is 0. The van der Waals surface area contributed by atoms with E-state index in [1.54, 1.807) is 0 Å². The second-order valence-electron chi connectivity index (χ2n) is 2.37. The van der Waals surface area contributed by atoms with Crippen LogP contribution in [0.4, 0.5) is 0 Å². The third-order valence-corrected chi connectivity index (χ3v) is 1.39. The zero-order valence-electron chi connectivity index (χ0n) is 7.15. The first-order valence-corrected chi connectivity index (χ1v) is 3.30. The normalized spacial score (nSPS) is 8.92. The third-order valence-electron chi connectivity index (χ3n) is 1.39. The maximum absolute atomic E-state index is 10.1. The van der Waals surface area contributed by atoms with E-state index in [1.807, 2.05) is 0 Å². The van der Waals surface area contributed by atoms with Gasteiger partial charge < -0.3 is 20.1 Å². The van der Waals surface area contributed by atoms with E-state index < -0.39 is 5.97 Å². The van der Waals surface area contributed by atoms with Gasteiger partial charge in [-0.3, -0.25) is 0 Å². The van der Waals surface area contributed by atoms with Crippen LogP contribution in [-0.4, -0.2) is 16.2 Å². The number of carboxylic acids is 1. The predicted molar refractivity (Wildman–Crippen MR) is 38.5 cm³/mol. The van der Waals surface area contributed by atoms with Gasteiger partial charge in [-0.2, -0.15) is 0 Å². The second kappa shape index (κ2) is 5.61. The number of carbonyl (C=O) groups is 1. The number of benzene rings is 1. The van der Waals surface area contributed by atoms with Gasteiger partial charge in [-0.15, -0.1) is 0 Å². The molecule has 0 radical (unpaired) electrons. The van der Waals surface area contributed by atoms with Gasteiger partial charge in [0.2, 0.25) is 0 Å². The van der Waals surface area contributed by atoms with Crippen molar-refractivity contribution in [2.45, 2.75) is 6.42 Å². The molecule has 0 spiro atoms. The Kier molecular flexibility index (Phi) is 5.58. The molecule has 0 aromatic heterocycles. The molecule has 0 unspecified atom stereocenters. The quantitative estimate of drug-likeness (QED) is 0.387. The van der Waals surface area contributed by atoms with Gasteiger partial charge in [-0.25, -0.2) is 0 Å². The molecule has 1 aromatic rings. The van der Waals surface area contributed by atoms with Gasteiger partial charge in [0.15, 0.2) is 11.5 Å². The monoisotopic (exact) mass is 206 g/mol. The van der Waals surface area contributed by atoms with E-state index in [0.29, 0.717) is 5.56 Å². The SMILES string of the molecule is O=C([O-])Cc1ccc(O)c(O)c1.[K+]. The molecule has 5 heteroatoms. The van der Waals surface area contributed by atoms with Crippen molar-refractivity contribution in [1.29, 1.82) is 0 Å². The van der Waals surface area contributed by atoms with Crippen LogP contribution in [0.15, 0.2) is 18.2 Å². The Bertz CT molecular complexity index is 311. The van der Waals surface area contributed by atoms with Gasteiger partial charge >= 0.3 is 51.4 Å². The van der Waals surface area contributed by atoms with E-state index in [-0.39, 0.29) is 69.3 Å². The van der Waals surface area contributed by atoms with Crippen LogP contribution in [0.1, 0.15) is 5.56 Å². The summed E-state index contributed by atoms with van der Waals surface area (Å²) < 4.78 is 0. The van der Waals surface area contributed by atoms with Gasteiger partial charge in [0.1, 0.15) is 0 Å². The Hall–Kier alpha value is -0.0736. The number of hydrogen-bond donors (Lipinski definition) is 2. The van der Waals surface area contributed by atoms with E-state index >= 15 is 0 Å². The molecule has 64 valence electrons. The summed E-state index contributed by atoms with van der Waals surface area (Å²) >= 11 is 0. The van der Waals surface area contributed by atoms with Crippen LogP contribution in [0.25, 0.3) is 0 Å². The minimum absolute atomic E-state index is 0. The van der Waals surface area contributed by atoms with E-state index in [9.17, 15) is 9.90 Å². The number of carbonyl (C=O) groups excluding carboxylic acids is 1. The van der Waals surface area contributed by atoms with Crippen LogP contribution in [0.2, 0.25) is 0 Å². The van der Waals surface area contributed by atoms with E-state index in [0.717, 1.165) is 0 Å². The fourth-order valence-corrected chi connectivity index (χ4v) is 0.846. The molecular weight excluding hydrogens is 199 g/mol. The maximum Gasteiger partial charge on any atom is 1.00 e. The predicted octanol–water partition coefficient (Wildman–Crippen LogP) is -3.61. The number of phenolic OH excluding ortho intramolecular Hbond substituents is 2. The van der Waals surface area contributed by atoms with Crippen molar-refractivity contribution in [3.8, 4) is 11.5 Å². The van der Waals surface area contributed by atoms with Crippen LogP contribution in [0.3, 0.4) is 0 Å². The minimum Gasteiger partial charge on any atom is -0.550 e. The summed E-state index contributed by atoms with van der Waals surface area (Å²) in [5.74, 6) is -1.81. The minimum atomic E-state index is -1.22. The molecule has 0 atom stereocenters. The van der Waals surface area contributed by atoms with E-state index in [4.69, 9.17) is 10.2 Å². The molecule has 0 heterocycles. The first kappa shape index (κ1) is 12.9. The molecule has 2 N–H and O–H groups in total. The average molecular weight is 206 g/mol. The van der Waals surface area contributed by atoms with Gasteiger partial charge in [0, 0.05) is 12.4 Å². The van der Waals surface area contributed by atoms with Crippen molar-refractivity contribution in [2.24, 2.45) is 0 Å². The molecule has 0 aliphatic carbocycles. The molecule has 4 nitrogen and oxygen atoms in total. The van der Waals surface area contributed by atoms with Gasteiger partial charge in [0.25, 0.3) is 0 Å². The zero-order valence-corrected chi connectivity index (χ0v) is 10.3. The summed E-state index contributed by atoms with van der Waals surface area (Å²) in [5, 5.41) is 27.9. The molecule has 0 bridgehead atoms. The van der Waals surface area contributed by atoms with Gasteiger partial charge in [-0.1, -0.05) is 6.07 Å². The van der Waals surface area contributed by atoms with Crippen LogP contribution < -0.4 is 56.5 Å². The van der Waals surface area contributed by atoms with Crippen LogP contribution >= 0.6 is 0 Å². The summed E-state index contributed by atoms with van der Waals surface area (Å²) in [7, 11) is 0. The molecule has 0 amide bonds. The number of phenols is 2. The Balaban J connectivity index is 0.00000144. The number of aromatic hydroxyl groups is 2. The number of hydrogen-bond acceptors (Lipinski definition) is 4. The van der Waals surface area contributed by atoms with Crippen LogP contribution in [0, 0.1) is 0 Å². The van der Waals surface area contributed by atoms with Crippen molar-refractivity contribution in [2.75, 3.05) is 0 Å². The summed E-state index contributed by atoms with van der Waals surface area (Å²) in [6.07, 6.45) is -0.270. The largest absolute Gasteiger partial charge is 1.00 e. The summed E-state index contributed by atoms with van der Waals surface area (Å²) in [6, 6.07) is 3.82. The molecule has 13 heavy (non-hydrogen) atoms. The van der Waals surface area contributed by atoms with Crippen molar-refractivity contribution >= 4 is 5.97 Å². The summed E-state index contributed by atoms with van der Waals surface area (Å²) in [5.41, 5.74) is 0.394. The topological polar surface area (TPSA) is 80.6 Å². The number of rotatable bonds is 2. The van der Waals surface area contributed by atoms with Gasteiger partial charge in [-0.05, 0) is 17.7 Å². The molecule has 1 rings (SSSR count). The van der Waals surface area contributed by atoms with E-state index in [2.05, 4.69) is 0 Å². The van der Waals surface area contributed by atoms with Crippen molar-refractivity contribution in [1.82, 2.24) is 0 Å². The smallest absolute Gasteiger partial charge is 0.550 e. The van der Waals surface area contributed by atoms with Crippen molar-refractivity contribution in [3.05, 3.63) is 23.8 Å². The molecular formula is C8H7KO4. The number of aliphatic carboxylic acids is 1. The molecule has 0 saturated carbocycles. The van der Waals surface area contributed by atoms with Crippen molar-refractivity contribution in [3.63, 3.8) is 0 Å². The fraction of sp³-hybridized carbons (Fsp3) is 0.125. The molecule has 1 aromatic carbocycles. The third kappa shape index (κ3) is 4.10. The maximum atomic E-state index is 10.1. The van der Waals surface area contributed by atoms with Gasteiger partial charge in [0.05, 0.1) is 0 Å². The Morgan fingerprint density at radius 2 is 1.92 bits per heavy atom. The summed E-state index contributed by atoms with van der Waals surface area (Å²) in [4.78, 5) is 10.1. The Labute approximate surface area is 118 Å². The molecule has 0 fully saturated rings. The molecule has 0 aliphatic heterocycles. The fourth-order valence-electron chi connectivity index (χ4n) is 0.846. The number of carboxylic acid groups (broad SMARTS) is 1. The first-order chi connectivity index (χ1) is 5.59. The van der Waals surface area contributed by atoms with Crippen LogP contribution in [-0.2, 0) is 11.2 Å². The average Bonchev–Trinajstić information content (AvgIpc) is 1.96. The van der Waals surface area contributed by atoms with E-state index in [1.165, 1.54) is 18.2 Å². The van der Waals surface area contributed by atoms with Crippen molar-refractivity contribution < 1.29 is 71.5 Å². The molecule has 0 aliphatic rings.